The maximum atomic E-state index is 12.2. The number of carbonyl (C=O) groups is 2. The quantitative estimate of drug-likeness (QED) is 0.812. The number of rotatable bonds is 4. The van der Waals surface area contributed by atoms with Crippen LogP contribution in [-0.2, 0) is 11.3 Å². The number of amides is 3. The van der Waals surface area contributed by atoms with Gasteiger partial charge in [-0.05, 0) is 64.8 Å². The molecule has 144 valence electrons. The fraction of sp³-hybridized carbons (Fsp3) is 0.550. The van der Waals surface area contributed by atoms with Gasteiger partial charge < -0.3 is 9.88 Å². The highest BCUT2D eigenvalue weighted by Gasteiger charge is 2.48. The number of likely N-dealkylation sites (tertiary alicyclic amines) is 1. The lowest BCUT2D eigenvalue weighted by Crippen LogP contribution is -2.53. The minimum atomic E-state index is -0.783. The van der Waals surface area contributed by atoms with Crippen LogP contribution >= 0.6 is 0 Å². The van der Waals surface area contributed by atoms with E-state index < -0.39 is 5.54 Å². The fourth-order valence-electron chi connectivity index (χ4n) is 4.49. The molecule has 7 heteroatoms. The van der Waals surface area contributed by atoms with Crippen LogP contribution in [0.5, 0.6) is 0 Å². The molecule has 2 saturated heterocycles. The second-order valence-corrected chi connectivity index (χ2v) is 8.14. The van der Waals surface area contributed by atoms with Crippen molar-refractivity contribution in [2.24, 2.45) is 5.92 Å². The van der Waals surface area contributed by atoms with Crippen LogP contribution in [0, 0.1) is 5.92 Å². The molecule has 7 nitrogen and oxygen atoms in total. The molecular formula is C20H27N5O2. The summed E-state index contributed by atoms with van der Waals surface area (Å²) in [5.41, 5.74) is 1.43. The van der Waals surface area contributed by atoms with Crippen LogP contribution in [0.2, 0.25) is 0 Å². The number of benzene rings is 1. The molecule has 0 spiro atoms. The van der Waals surface area contributed by atoms with Crippen LogP contribution in [-0.4, -0.2) is 45.0 Å². The highest BCUT2D eigenvalue weighted by atomic mass is 16.2. The Morgan fingerprint density at radius 1 is 1.22 bits per heavy atom. The molecule has 4 rings (SSSR count). The van der Waals surface area contributed by atoms with Crippen molar-refractivity contribution in [1.82, 2.24) is 25.1 Å². The summed E-state index contributed by atoms with van der Waals surface area (Å²) in [5.74, 6) is 1.04. The maximum absolute atomic E-state index is 12.2. The molecule has 2 aromatic rings. The number of hydrogen-bond acceptors (Lipinski definition) is 4. The molecule has 2 fully saturated rings. The third-order valence-corrected chi connectivity index (χ3v) is 6.03. The molecule has 1 aromatic heterocycles. The molecule has 0 aliphatic carbocycles. The first-order valence-corrected chi connectivity index (χ1v) is 9.70. The van der Waals surface area contributed by atoms with E-state index in [2.05, 4.69) is 52.1 Å². The minimum Gasteiger partial charge on any atom is -0.324 e. The summed E-state index contributed by atoms with van der Waals surface area (Å²) in [7, 11) is 0. The molecule has 1 atom stereocenters. The van der Waals surface area contributed by atoms with Crippen molar-refractivity contribution in [2.75, 3.05) is 13.1 Å². The second kappa shape index (κ2) is 6.64. The molecule has 2 aliphatic rings. The zero-order valence-corrected chi connectivity index (χ0v) is 16.2. The fourth-order valence-corrected chi connectivity index (χ4v) is 4.49. The van der Waals surface area contributed by atoms with Crippen molar-refractivity contribution >= 4 is 23.0 Å². The summed E-state index contributed by atoms with van der Waals surface area (Å²) in [5, 5.41) is 5.20. The van der Waals surface area contributed by atoms with Crippen LogP contribution in [0.25, 0.3) is 11.0 Å². The molecule has 0 saturated carbocycles. The number of aromatic nitrogens is 2. The van der Waals surface area contributed by atoms with E-state index in [1.807, 2.05) is 13.0 Å². The lowest BCUT2D eigenvalue weighted by Gasteiger charge is -2.38. The summed E-state index contributed by atoms with van der Waals surface area (Å²) in [6, 6.07) is 8.24. The number of piperidine rings is 1. The van der Waals surface area contributed by atoms with Gasteiger partial charge in [-0.25, -0.2) is 9.78 Å². The van der Waals surface area contributed by atoms with Gasteiger partial charge in [0.2, 0.25) is 0 Å². The lowest BCUT2D eigenvalue weighted by molar-refractivity contribution is -0.125. The van der Waals surface area contributed by atoms with Gasteiger partial charge in [-0.2, -0.15) is 0 Å². The van der Waals surface area contributed by atoms with Crippen LogP contribution in [0.3, 0.4) is 0 Å². The van der Waals surface area contributed by atoms with Crippen molar-refractivity contribution in [2.45, 2.75) is 51.7 Å². The Hall–Kier alpha value is -2.41. The number of nitrogens with one attached hydrogen (secondary N) is 2. The van der Waals surface area contributed by atoms with Gasteiger partial charge in [0, 0.05) is 6.04 Å². The van der Waals surface area contributed by atoms with E-state index in [0.717, 1.165) is 43.8 Å². The summed E-state index contributed by atoms with van der Waals surface area (Å²) in [6.07, 6.45) is 1.76. The molecular weight excluding hydrogens is 342 g/mol. The summed E-state index contributed by atoms with van der Waals surface area (Å²) in [6.45, 7) is 8.80. The van der Waals surface area contributed by atoms with Gasteiger partial charge in [-0.15, -0.1) is 0 Å². The van der Waals surface area contributed by atoms with Crippen LogP contribution in [0.15, 0.2) is 24.3 Å². The number of imide groups is 1. The van der Waals surface area contributed by atoms with Crippen molar-refractivity contribution in [3.8, 4) is 0 Å². The van der Waals surface area contributed by atoms with Gasteiger partial charge in [-0.1, -0.05) is 12.1 Å². The first kappa shape index (κ1) is 18.0. The highest BCUT2D eigenvalue weighted by molar-refractivity contribution is 6.06. The smallest absolute Gasteiger partial charge is 0.322 e. The van der Waals surface area contributed by atoms with E-state index >= 15 is 0 Å². The molecule has 0 radical (unpaired) electrons. The van der Waals surface area contributed by atoms with E-state index in [4.69, 9.17) is 4.98 Å². The normalized spacial score (nSPS) is 24.6. The van der Waals surface area contributed by atoms with E-state index in [1.165, 1.54) is 5.52 Å². The van der Waals surface area contributed by atoms with Gasteiger partial charge in [-0.3, -0.25) is 15.0 Å². The summed E-state index contributed by atoms with van der Waals surface area (Å²) in [4.78, 5) is 31.0. The van der Waals surface area contributed by atoms with Crippen LogP contribution in [0.1, 0.15) is 45.5 Å². The SMILES string of the molecule is CC(C)n1c(CN2CCC([C@]3(C)NC(=O)NC3=O)CC2)nc2ccccc21. The Morgan fingerprint density at radius 3 is 2.56 bits per heavy atom. The molecule has 27 heavy (non-hydrogen) atoms. The number of carbonyl (C=O) groups excluding carboxylic acids is 2. The average molecular weight is 369 g/mol. The molecule has 1 aromatic carbocycles. The van der Waals surface area contributed by atoms with Crippen LogP contribution in [0.4, 0.5) is 4.79 Å². The van der Waals surface area contributed by atoms with E-state index in [0.29, 0.717) is 6.04 Å². The maximum Gasteiger partial charge on any atom is 0.322 e. The van der Waals surface area contributed by atoms with Crippen molar-refractivity contribution in [3.63, 3.8) is 0 Å². The molecule has 3 amide bonds. The Bertz CT molecular complexity index is 882. The number of para-hydroxylation sites is 2. The van der Waals surface area contributed by atoms with Gasteiger partial charge in [0.15, 0.2) is 0 Å². The number of imidazole rings is 1. The predicted octanol–water partition coefficient (Wildman–Crippen LogP) is 2.43. The molecule has 0 unspecified atom stereocenters. The standard InChI is InChI=1S/C20H27N5O2/c1-13(2)25-16-7-5-4-6-15(16)21-17(25)12-24-10-8-14(9-11-24)20(3)18(26)22-19(27)23-20/h4-7,13-14H,8-12H2,1-3H3,(H2,22,23,26,27)/t20-/m0/s1. The molecule has 3 heterocycles. The van der Waals surface area contributed by atoms with Crippen LogP contribution < -0.4 is 10.6 Å². The zero-order chi connectivity index (χ0) is 19.2. The largest absolute Gasteiger partial charge is 0.324 e. The number of nitrogens with zero attached hydrogens (tertiary/aromatic N) is 3. The molecule has 2 N–H and O–H groups in total. The highest BCUT2D eigenvalue weighted by Crippen LogP contribution is 2.31. The van der Waals surface area contributed by atoms with E-state index in [-0.39, 0.29) is 17.9 Å². The Morgan fingerprint density at radius 2 is 1.93 bits per heavy atom. The number of hydrogen-bond donors (Lipinski definition) is 2. The number of fused-ring (bicyclic) bond motifs is 1. The average Bonchev–Trinajstić information content (AvgIpc) is 3.12. The first-order valence-electron chi connectivity index (χ1n) is 9.70. The van der Waals surface area contributed by atoms with Gasteiger partial charge in [0.1, 0.15) is 11.4 Å². The zero-order valence-electron chi connectivity index (χ0n) is 16.2. The Kier molecular flexibility index (Phi) is 4.42. The number of urea groups is 1. The molecule has 0 bridgehead atoms. The summed E-state index contributed by atoms with van der Waals surface area (Å²) >= 11 is 0. The third-order valence-electron chi connectivity index (χ3n) is 6.03. The molecule has 2 aliphatic heterocycles. The van der Waals surface area contributed by atoms with Crippen molar-refractivity contribution in [3.05, 3.63) is 30.1 Å². The van der Waals surface area contributed by atoms with Crippen molar-refractivity contribution < 1.29 is 9.59 Å². The minimum absolute atomic E-state index is 0.157. The second-order valence-electron chi connectivity index (χ2n) is 8.14. The monoisotopic (exact) mass is 369 g/mol. The van der Waals surface area contributed by atoms with E-state index in [9.17, 15) is 9.59 Å². The van der Waals surface area contributed by atoms with Gasteiger partial charge in [0.25, 0.3) is 5.91 Å². The Balaban J connectivity index is 1.47. The lowest BCUT2D eigenvalue weighted by atomic mass is 9.79. The van der Waals surface area contributed by atoms with Crippen molar-refractivity contribution in [1.29, 1.82) is 0 Å². The van der Waals surface area contributed by atoms with Gasteiger partial charge >= 0.3 is 6.03 Å². The topological polar surface area (TPSA) is 79.3 Å². The Labute approximate surface area is 159 Å². The van der Waals surface area contributed by atoms with E-state index in [1.54, 1.807) is 0 Å². The first-order chi connectivity index (χ1) is 12.9. The third kappa shape index (κ3) is 3.10. The predicted molar refractivity (Wildman–Crippen MR) is 103 cm³/mol. The van der Waals surface area contributed by atoms with Gasteiger partial charge in [0.05, 0.1) is 17.6 Å². The summed E-state index contributed by atoms with van der Waals surface area (Å²) < 4.78 is 2.31.